The van der Waals surface area contributed by atoms with Crippen LogP contribution in [-0.4, -0.2) is 58.0 Å². The second kappa shape index (κ2) is 5.95. The molecule has 1 aliphatic heterocycles. The lowest BCUT2D eigenvalue weighted by molar-refractivity contribution is -0.141. The van der Waals surface area contributed by atoms with E-state index in [0.717, 1.165) is 45.1 Å². The van der Waals surface area contributed by atoms with Gasteiger partial charge in [-0.3, -0.25) is 9.69 Å². The molecular weight excluding hydrogens is 252 g/mol. The maximum absolute atomic E-state index is 12.2. The van der Waals surface area contributed by atoms with E-state index in [1.54, 1.807) is 0 Å². The molecule has 0 bridgehead atoms. The number of aryl methyl sites for hydroxylation is 1. The third-order valence-electron chi connectivity index (χ3n) is 3.88. The Kier molecular flexibility index (Phi) is 4.48. The Bertz CT molecular complexity index is 453. The highest BCUT2D eigenvalue weighted by Gasteiger charge is 2.29. The van der Waals surface area contributed by atoms with Crippen molar-refractivity contribution in [3.63, 3.8) is 0 Å². The molecule has 5 heteroatoms. The molecule has 1 aliphatic rings. The lowest BCUT2D eigenvalue weighted by atomic mass is 9.94. The predicted octanol–water partition coefficient (Wildman–Crippen LogP) is 1.38. The summed E-state index contributed by atoms with van der Waals surface area (Å²) in [7, 11) is 0. The summed E-state index contributed by atoms with van der Waals surface area (Å²) in [6.45, 7) is 13.6. The van der Waals surface area contributed by atoms with Gasteiger partial charge < -0.3 is 9.47 Å². The highest BCUT2D eigenvalue weighted by atomic mass is 16.2. The van der Waals surface area contributed by atoms with Gasteiger partial charge in [-0.1, -0.05) is 20.8 Å². The molecule has 0 aliphatic carbocycles. The van der Waals surface area contributed by atoms with Crippen molar-refractivity contribution in [3.05, 3.63) is 18.2 Å². The first-order valence-corrected chi connectivity index (χ1v) is 7.37. The van der Waals surface area contributed by atoms with Crippen molar-refractivity contribution in [2.45, 2.75) is 34.2 Å². The first-order valence-electron chi connectivity index (χ1n) is 7.37. The van der Waals surface area contributed by atoms with Crippen molar-refractivity contribution in [2.24, 2.45) is 5.41 Å². The van der Waals surface area contributed by atoms with Crippen LogP contribution in [-0.2, 0) is 11.3 Å². The highest BCUT2D eigenvalue weighted by molar-refractivity contribution is 5.81. The Labute approximate surface area is 121 Å². The molecule has 112 valence electrons. The van der Waals surface area contributed by atoms with E-state index in [-0.39, 0.29) is 11.3 Å². The largest absolute Gasteiger partial charge is 0.340 e. The molecule has 2 rings (SSSR count). The quantitative estimate of drug-likeness (QED) is 0.839. The first-order chi connectivity index (χ1) is 9.38. The van der Waals surface area contributed by atoms with Crippen LogP contribution in [0.1, 0.15) is 26.6 Å². The molecule has 0 radical (unpaired) electrons. The molecule has 2 heterocycles. The number of imidazole rings is 1. The molecule has 1 amide bonds. The van der Waals surface area contributed by atoms with Gasteiger partial charge in [0, 0.05) is 57.1 Å². The molecule has 1 aromatic heterocycles. The van der Waals surface area contributed by atoms with Gasteiger partial charge in [0.2, 0.25) is 5.91 Å². The van der Waals surface area contributed by atoms with E-state index >= 15 is 0 Å². The van der Waals surface area contributed by atoms with Crippen LogP contribution < -0.4 is 0 Å². The average Bonchev–Trinajstić information content (AvgIpc) is 2.81. The fourth-order valence-corrected chi connectivity index (χ4v) is 2.54. The predicted molar refractivity (Wildman–Crippen MR) is 79.4 cm³/mol. The summed E-state index contributed by atoms with van der Waals surface area (Å²) in [6, 6.07) is 0. The minimum Gasteiger partial charge on any atom is -0.340 e. The van der Waals surface area contributed by atoms with Crippen LogP contribution in [0.15, 0.2) is 12.4 Å². The van der Waals surface area contributed by atoms with E-state index in [0.29, 0.717) is 0 Å². The van der Waals surface area contributed by atoms with Gasteiger partial charge in [0.25, 0.3) is 0 Å². The molecule has 0 saturated carbocycles. The van der Waals surface area contributed by atoms with E-state index in [4.69, 9.17) is 0 Å². The number of amides is 1. The number of hydrogen-bond donors (Lipinski definition) is 0. The molecule has 0 unspecified atom stereocenters. The third-order valence-corrected chi connectivity index (χ3v) is 3.88. The number of hydrogen-bond acceptors (Lipinski definition) is 3. The number of carbonyl (C=O) groups is 1. The average molecular weight is 278 g/mol. The fraction of sp³-hybridized carbons (Fsp3) is 0.733. The molecule has 1 aromatic rings. The number of rotatable bonds is 3. The van der Waals surface area contributed by atoms with Crippen molar-refractivity contribution in [1.82, 2.24) is 19.4 Å². The number of carbonyl (C=O) groups excluding carboxylic acids is 1. The van der Waals surface area contributed by atoms with Gasteiger partial charge in [-0.05, 0) is 6.92 Å². The fourth-order valence-electron chi connectivity index (χ4n) is 2.54. The van der Waals surface area contributed by atoms with Crippen molar-refractivity contribution in [2.75, 3.05) is 32.7 Å². The molecule has 0 atom stereocenters. The van der Waals surface area contributed by atoms with Gasteiger partial charge in [-0.2, -0.15) is 0 Å². The summed E-state index contributed by atoms with van der Waals surface area (Å²) in [5.41, 5.74) is -0.268. The van der Waals surface area contributed by atoms with Gasteiger partial charge in [-0.15, -0.1) is 0 Å². The first kappa shape index (κ1) is 15.0. The van der Waals surface area contributed by atoms with Crippen LogP contribution in [0.2, 0.25) is 0 Å². The standard InChI is InChI=1S/C15H26N4O/c1-13-16-5-6-18(13)10-7-17-8-11-19(12-9-17)14(20)15(2,3)4/h5-6H,7-12H2,1-4H3. The third kappa shape index (κ3) is 3.60. The summed E-state index contributed by atoms with van der Waals surface area (Å²) in [5, 5.41) is 0. The van der Waals surface area contributed by atoms with Crippen LogP contribution in [0.4, 0.5) is 0 Å². The summed E-state index contributed by atoms with van der Waals surface area (Å²) in [4.78, 5) is 20.9. The van der Waals surface area contributed by atoms with E-state index in [9.17, 15) is 4.79 Å². The molecule has 5 nitrogen and oxygen atoms in total. The molecule has 1 saturated heterocycles. The van der Waals surface area contributed by atoms with Gasteiger partial charge in [0.1, 0.15) is 5.82 Å². The van der Waals surface area contributed by atoms with E-state index in [2.05, 4.69) is 14.5 Å². The second-order valence-electron chi connectivity index (χ2n) is 6.55. The Morgan fingerprint density at radius 2 is 1.85 bits per heavy atom. The SMILES string of the molecule is Cc1nccn1CCN1CCN(C(=O)C(C)(C)C)CC1. The zero-order valence-corrected chi connectivity index (χ0v) is 13.1. The van der Waals surface area contributed by atoms with Crippen LogP contribution in [0.5, 0.6) is 0 Å². The molecular formula is C15H26N4O. The minimum atomic E-state index is -0.268. The second-order valence-corrected chi connectivity index (χ2v) is 6.55. The Balaban J connectivity index is 1.77. The summed E-state index contributed by atoms with van der Waals surface area (Å²) >= 11 is 0. The summed E-state index contributed by atoms with van der Waals surface area (Å²) in [6.07, 6.45) is 3.87. The van der Waals surface area contributed by atoms with Gasteiger partial charge >= 0.3 is 0 Å². The van der Waals surface area contributed by atoms with E-state index < -0.39 is 0 Å². The molecule has 1 fully saturated rings. The van der Waals surface area contributed by atoms with Crippen molar-refractivity contribution in [3.8, 4) is 0 Å². The van der Waals surface area contributed by atoms with Crippen molar-refractivity contribution >= 4 is 5.91 Å². The van der Waals surface area contributed by atoms with Gasteiger partial charge in [-0.25, -0.2) is 4.98 Å². The van der Waals surface area contributed by atoms with Gasteiger partial charge in [0.05, 0.1) is 0 Å². The topological polar surface area (TPSA) is 41.4 Å². The molecule has 20 heavy (non-hydrogen) atoms. The zero-order chi connectivity index (χ0) is 14.8. The normalized spacial score (nSPS) is 17.5. The molecule has 0 aromatic carbocycles. The maximum Gasteiger partial charge on any atom is 0.228 e. The van der Waals surface area contributed by atoms with Crippen LogP contribution in [0.25, 0.3) is 0 Å². The Hall–Kier alpha value is -1.36. The minimum absolute atomic E-state index is 0.266. The maximum atomic E-state index is 12.2. The smallest absolute Gasteiger partial charge is 0.228 e. The number of nitrogens with zero attached hydrogens (tertiary/aromatic N) is 4. The van der Waals surface area contributed by atoms with Crippen molar-refractivity contribution < 1.29 is 4.79 Å². The Morgan fingerprint density at radius 1 is 1.20 bits per heavy atom. The highest BCUT2D eigenvalue weighted by Crippen LogP contribution is 2.18. The number of aromatic nitrogens is 2. The van der Waals surface area contributed by atoms with E-state index in [1.165, 1.54) is 0 Å². The van der Waals surface area contributed by atoms with Crippen LogP contribution in [0, 0.1) is 12.3 Å². The Morgan fingerprint density at radius 3 is 2.35 bits per heavy atom. The number of piperazine rings is 1. The van der Waals surface area contributed by atoms with E-state index in [1.807, 2.05) is 45.0 Å². The zero-order valence-electron chi connectivity index (χ0n) is 13.1. The summed E-state index contributed by atoms with van der Waals surface area (Å²) < 4.78 is 2.17. The monoisotopic (exact) mass is 278 g/mol. The van der Waals surface area contributed by atoms with Crippen molar-refractivity contribution in [1.29, 1.82) is 0 Å². The summed E-state index contributed by atoms with van der Waals surface area (Å²) in [5.74, 6) is 1.33. The molecule has 0 N–H and O–H groups in total. The lowest BCUT2D eigenvalue weighted by Gasteiger charge is -2.37. The lowest BCUT2D eigenvalue weighted by Crippen LogP contribution is -2.52. The van der Waals surface area contributed by atoms with Crippen LogP contribution >= 0.6 is 0 Å². The van der Waals surface area contributed by atoms with Gasteiger partial charge in [0.15, 0.2) is 0 Å². The van der Waals surface area contributed by atoms with Crippen LogP contribution in [0.3, 0.4) is 0 Å². The molecule has 0 spiro atoms.